The van der Waals surface area contributed by atoms with Gasteiger partial charge in [0.2, 0.25) is 0 Å². The molecule has 0 fully saturated rings. The topological polar surface area (TPSA) is 85.9 Å². The number of unbranched alkanes of at least 4 members (excludes halogenated alkanes) is 1. The molecule has 0 radical (unpaired) electrons. The Hall–Kier alpha value is -1.52. The van der Waals surface area contributed by atoms with E-state index >= 15 is 0 Å². The van der Waals surface area contributed by atoms with Crippen molar-refractivity contribution >= 4 is 5.97 Å². The molecule has 3 N–H and O–H groups in total. The fraction of sp³-hybridized carbons (Fsp3) is 0.500. The molecule has 72 valence electrons. The van der Waals surface area contributed by atoms with Gasteiger partial charge in [-0.3, -0.25) is 4.79 Å². The Morgan fingerprint density at radius 1 is 1.46 bits per heavy atom. The lowest BCUT2D eigenvalue weighted by atomic mass is 10.1. The zero-order valence-electron chi connectivity index (χ0n) is 7.17. The number of hydrogen-bond donors (Lipinski definition) is 3. The second-order valence-electron chi connectivity index (χ2n) is 2.87. The number of carbonyl (C=O) groups is 1. The molecule has 5 heteroatoms. The standard InChI is InChI=1S/C8H12N2O3/c11-7(12)4-2-1-3-6-5-9-8(13)10-6/h5H,1-4H2,(H,11,12)(H2,9,10,13). The molecule has 1 aromatic rings. The van der Waals surface area contributed by atoms with Crippen molar-refractivity contribution in [2.45, 2.75) is 25.7 Å². The molecular weight excluding hydrogens is 172 g/mol. The lowest BCUT2D eigenvalue weighted by molar-refractivity contribution is -0.137. The summed E-state index contributed by atoms with van der Waals surface area (Å²) in [5, 5.41) is 8.35. The minimum absolute atomic E-state index is 0.189. The molecular formula is C8H12N2O3. The molecule has 5 nitrogen and oxygen atoms in total. The molecule has 1 heterocycles. The van der Waals surface area contributed by atoms with Crippen molar-refractivity contribution in [3.63, 3.8) is 0 Å². The molecule has 0 spiro atoms. The number of rotatable bonds is 5. The first kappa shape index (κ1) is 9.57. The summed E-state index contributed by atoms with van der Waals surface area (Å²) in [5.74, 6) is -0.775. The van der Waals surface area contributed by atoms with Crippen LogP contribution in [0.3, 0.4) is 0 Å². The third-order valence-corrected chi connectivity index (χ3v) is 1.74. The molecule has 0 aliphatic carbocycles. The molecule has 0 unspecified atom stereocenters. The maximum atomic E-state index is 10.6. The molecule has 0 saturated carbocycles. The summed E-state index contributed by atoms with van der Waals surface area (Å²) in [6, 6.07) is 0. The van der Waals surface area contributed by atoms with Crippen molar-refractivity contribution in [1.29, 1.82) is 0 Å². The molecule has 0 amide bonds. The van der Waals surface area contributed by atoms with Crippen LogP contribution in [0.2, 0.25) is 0 Å². The first-order valence-corrected chi connectivity index (χ1v) is 4.17. The largest absolute Gasteiger partial charge is 0.481 e. The Morgan fingerprint density at radius 2 is 2.23 bits per heavy atom. The summed E-state index contributed by atoms with van der Waals surface area (Å²) >= 11 is 0. The SMILES string of the molecule is O=C(O)CCCCc1c[nH]c(=O)[nH]1. The van der Waals surface area contributed by atoms with Gasteiger partial charge >= 0.3 is 11.7 Å². The molecule has 0 aliphatic rings. The molecule has 1 rings (SSSR count). The lowest BCUT2D eigenvalue weighted by Crippen LogP contribution is -2.01. The Labute approximate surface area is 74.8 Å². The Bertz CT molecular complexity index is 326. The van der Waals surface area contributed by atoms with Crippen molar-refractivity contribution in [3.8, 4) is 0 Å². The van der Waals surface area contributed by atoms with Crippen LogP contribution in [0.1, 0.15) is 25.0 Å². The van der Waals surface area contributed by atoms with Crippen molar-refractivity contribution < 1.29 is 9.90 Å². The monoisotopic (exact) mass is 184 g/mol. The Balaban J connectivity index is 2.20. The summed E-state index contributed by atoms with van der Waals surface area (Å²) in [7, 11) is 0. The number of H-pyrrole nitrogens is 2. The van der Waals surface area contributed by atoms with E-state index in [2.05, 4.69) is 9.97 Å². The van der Waals surface area contributed by atoms with Crippen LogP contribution in [0.25, 0.3) is 0 Å². The van der Waals surface area contributed by atoms with Gasteiger partial charge in [-0.25, -0.2) is 4.79 Å². The van der Waals surface area contributed by atoms with Gasteiger partial charge in [0.25, 0.3) is 0 Å². The van der Waals surface area contributed by atoms with E-state index in [0.717, 1.165) is 12.1 Å². The quantitative estimate of drug-likeness (QED) is 0.582. The van der Waals surface area contributed by atoms with Gasteiger partial charge in [0.1, 0.15) is 0 Å². The Morgan fingerprint density at radius 3 is 2.77 bits per heavy atom. The van der Waals surface area contributed by atoms with Crippen LogP contribution in [0, 0.1) is 0 Å². The van der Waals surface area contributed by atoms with E-state index in [1.807, 2.05) is 0 Å². The van der Waals surface area contributed by atoms with E-state index in [4.69, 9.17) is 5.11 Å². The zero-order chi connectivity index (χ0) is 9.68. The number of aryl methyl sites for hydroxylation is 1. The van der Waals surface area contributed by atoms with Gasteiger partial charge in [0.15, 0.2) is 0 Å². The summed E-state index contributed by atoms with van der Waals surface area (Å²) in [6.45, 7) is 0. The molecule has 13 heavy (non-hydrogen) atoms. The second kappa shape index (κ2) is 4.49. The van der Waals surface area contributed by atoms with Crippen LogP contribution in [0.5, 0.6) is 0 Å². The predicted octanol–water partition coefficient (Wildman–Crippen LogP) is 0.500. The predicted molar refractivity (Wildman–Crippen MR) is 46.6 cm³/mol. The number of carboxylic acids is 1. The summed E-state index contributed by atoms with van der Waals surface area (Å²) in [4.78, 5) is 25.9. The van der Waals surface area contributed by atoms with Gasteiger partial charge in [-0.15, -0.1) is 0 Å². The molecule has 0 atom stereocenters. The fourth-order valence-electron chi connectivity index (χ4n) is 1.10. The van der Waals surface area contributed by atoms with Gasteiger partial charge in [0, 0.05) is 18.3 Å². The Kier molecular flexibility index (Phi) is 3.31. The van der Waals surface area contributed by atoms with E-state index in [1.54, 1.807) is 6.20 Å². The minimum Gasteiger partial charge on any atom is -0.481 e. The fourth-order valence-corrected chi connectivity index (χ4v) is 1.10. The van der Waals surface area contributed by atoms with Gasteiger partial charge in [-0.05, 0) is 19.3 Å². The van der Waals surface area contributed by atoms with E-state index in [1.165, 1.54) is 0 Å². The van der Waals surface area contributed by atoms with Gasteiger partial charge in [-0.1, -0.05) is 0 Å². The van der Waals surface area contributed by atoms with Gasteiger partial charge < -0.3 is 15.1 Å². The third kappa shape index (κ3) is 3.59. The number of nitrogens with one attached hydrogen (secondary N) is 2. The number of aliphatic carboxylic acids is 1. The van der Waals surface area contributed by atoms with Crippen LogP contribution in [0.4, 0.5) is 0 Å². The first-order valence-electron chi connectivity index (χ1n) is 4.17. The van der Waals surface area contributed by atoms with Crippen molar-refractivity contribution in [2.24, 2.45) is 0 Å². The highest BCUT2D eigenvalue weighted by Crippen LogP contribution is 2.01. The molecule has 0 saturated heterocycles. The summed E-state index contributed by atoms with van der Waals surface area (Å²) in [5.41, 5.74) is 0.614. The highest BCUT2D eigenvalue weighted by atomic mass is 16.4. The van der Waals surface area contributed by atoms with Crippen LogP contribution >= 0.6 is 0 Å². The van der Waals surface area contributed by atoms with E-state index < -0.39 is 5.97 Å². The van der Waals surface area contributed by atoms with Crippen molar-refractivity contribution in [1.82, 2.24) is 9.97 Å². The number of aromatic nitrogens is 2. The minimum atomic E-state index is -0.775. The summed E-state index contributed by atoms with van der Waals surface area (Å²) < 4.78 is 0. The third-order valence-electron chi connectivity index (χ3n) is 1.74. The van der Waals surface area contributed by atoms with E-state index in [9.17, 15) is 9.59 Å². The van der Waals surface area contributed by atoms with Gasteiger partial charge in [0.05, 0.1) is 0 Å². The zero-order valence-corrected chi connectivity index (χ0v) is 7.17. The molecule has 0 aliphatic heterocycles. The lowest BCUT2D eigenvalue weighted by Gasteiger charge is -1.94. The average Bonchev–Trinajstić information content (AvgIpc) is 2.45. The van der Waals surface area contributed by atoms with Crippen LogP contribution < -0.4 is 5.69 Å². The smallest absolute Gasteiger partial charge is 0.323 e. The number of aromatic amines is 2. The second-order valence-corrected chi connectivity index (χ2v) is 2.87. The molecule has 0 aromatic carbocycles. The van der Waals surface area contributed by atoms with E-state index in [-0.39, 0.29) is 12.1 Å². The van der Waals surface area contributed by atoms with Crippen LogP contribution in [-0.2, 0) is 11.2 Å². The van der Waals surface area contributed by atoms with Crippen LogP contribution in [0.15, 0.2) is 11.0 Å². The number of carboxylic acid groups (broad SMARTS) is 1. The average molecular weight is 184 g/mol. The number of hydrogen-bond acceptors (Lipinski definition) is 2. The van der Waals surface area contributed by atoms with Crippen molar-refractivity contribution in [2.75, 3.05) is 0 Å². The molecule has 0 bridgehead atoms. The number of imidazole rings is 1. The highest BCUT2D eigenvalue weighted by Gasteiger charge is 1.98. The van der Waals surface area contributed by atoms with Crippen molar-refractivity contribution in [3.05, 3.63) is 22.4 Å². The van der Waals surface area contributed by atoms with E-state index in [0.29, 0.717) is 12.8 Å². The highest BCUT2D eigenvalue weighted by molar-refractivity contribution is 5.66. The maximum Gasteiger partial charge on any atom is 0.323 e. The van der Waals surface area contributed by atoms with Crippen LogP contribution in [-0.4, -0.2) is 21.0 Å². The summed E-state index contributed by atoms with van der Waals surface area (Å²) in [6.07, 6.45) is 3.94. The normalized spacial score (nSPS) is 10.2. The maximum absolute atomic E-state index is 10.6. The van der Waals surface area contributed by atoms with Gasteiger partial charge in [-0.2, -0.15) is 0 Å². The first-order chi connectivity index (χ1) is 6.18. The molecule has 1 aromatic heterocycles.